The van der Waals surface area contributed by atoms with Gasteiger partial charge in [-0.25, -0.2) is 4.98 Å². The number of hydrogen-bond acceptors (Lipinski definition) is 5. The number of fused-ring (bicyclic) bond motifs is 1. The van der Waals surface area contributed by atoms with Gasteiger partial charge in [0.15, 0.2) is 0 Å². The lowest BCUT2D eigenvalue weighted by Crippen LogP contribution is -2.38. The average molecular weight is 343 g/mol. The molecule has 2 aromatic heterocycles. The van der Waals surface area contributed by atoms with Crippen molar-refractivity contribution in [1.29, 1.82) is 0 Å². The van der Waals surface area contributed by atoms with Gasteiger partial charge in [0.2, 0.25) is 0 Å². The number of pyridine rings is 1. The zero-order chi connectivity index (χ0) is 17.8. The molecule has 136 valence electrons. The van der Waals surface area contributed by atoms with Crippen LogP contribution in [0.15, 0.2) is 23.3 Å². The number of nitrogens with one attached hydrogen (secondary N) is 1. The normalized spacial score (nSPS) is 20.5. The molecule has 0 bridgehead atoms. The van der Waals surface area contributed by atoms with Crippen LogP contribution < -0.4 is 10.9 Å². The summed E-state index contributed by atoms with van der Waals surface area (Å²) in [5, 5.41) is 4.11. The maximum Gasteiger partial charge on any atom is 0.262 e. The van der Waals surface area contributed by atoms with E-state index in [9.17, 15) is 4.79 Å². The summed E-state index contributed by atoms with van der Waals surface area (Å²) in [6.07, 6.45) is 5.42. The zero-order valence-electron chi connectivity index (χ0n) is 15.5. The lowest BCUT2D eigenvalue weighted by Gasteiger charge is -2.32. The Labute approximate surface area is 149 Å². The second-order valence-corrected chi connectivity index (χ2v) is 7.02. The van der Waals surface area contributed by atoms with Crippen LogP contribution in [-0.2, 0) is 6.54 Å². The van der Waals surface area contributed by atoms with Crippen molar-refractivity contribution in [1.82, 2.24) is 24.8 Å². The van der Waals surface area contributed by atoms with E-state index in [2.05, 4.69) is 29.0 Å². The van der Waals surface area contributed by atoms with Crippen LogP contribution in [0.2, 0.25) is 0 Å². The van der Waals surface area contributed by atoms with Gasteiger partial charge in [-0.1, -0.05) is 20.3 Å². The highest BCUT2D eigenvalue weighted by atomic mass is 16.1. The molecular weight excluding hydrogens is 314 g/mol. The molecule has 3 heterocycles. The number of hydrogen-bond donors (Lipinski definition) is 1. The highest BCUT2D eigenvalue weighted by Gasteiger charge is 2.27. The Hall–Kier alpha value is -1.79. The molecule has 1 saturated heterocycles. The summed E-state index contributed by atoms with van der Waals surface area (Å²) in [4.78, 5) is 24.5. The summed E-state index contributed by atoms with van der Waals surface area (Å²) < 4.78 is 1.84. The molecule has 0 spiro atoms. The first kappa shape index (κ1) is 18.0. The molecule has 0 saturated carbocycles. The minimum absolute atomic E-state index is 0.0256. The summed E-state index contributed by atoms with van der Waals surface area (Å²) in [6.45, 7) is 11.2. The van der Waals surface area contributed by atoms with E-state index in [1.807, 2.05) is 17.6 Å². The first-order valence-electron chi connectivity index (χ1n) is 9.44. The van der Waals surface area contributed by atoms with E-state index >= 15 is 0 Å². The Morgan fingerprint density at radius 3 is 3.00 bits per heavy atom. The van der Waals surface area contributed by atoms with Crippen molar-refractivity contribution < 1.29 is 0 Å². The topological polar surface area (TPSA) is 63.1 Å². The first-order valence-corrected chi connectivity index (χ1v) is 9.44. The maximum absolute atomic E-state index is 13.0. The molecule has 3 rings (SSSR count). The van der Waals surface area contributed by atoms with Crippen molar-refractivity contribution >= 4 is 10.9 Å². The molecule has 0 aliphatic carbocycles. The van der Waals surface area contributed by atoms with Crippen LogP contribution in [0.25, 0.3) is 10.9 Å². The lowest BCUT2D eigenvalue weighted by atomic mass is 10.1. The van der Waals surface area contributed by atoms with Gasteiger partial charge in [-0.15, -0.1) is 0 Å². The molecular formula is C19H29N5O. The van der Waals surface area contributed by atoms with Crippen LogP contribution in [0.1, 0.15) is 45.5 Å². The van der Waals surface area contributed by atoms with Gasteiger partial charge in [-0.2, -0.15) is 0 Å². The molecule has 2 aromatic rings. The summed E-state index contributed by atoms with van der Waals surface area (Å²) in [5.74, 6) is 1.50. The van der Waals surface area contributed by atoms with Crippen LogP contribution in [-0.4, -0.2) is 45.6 Å². The molecule has 1 unspecified atom stereocenters. The van der Waals surface area contributed by atoms with E-state index < -0.39 is 0 Å². The minimum atomic E-state index is 0.0256. The van der Waals surface area contributed by atoms with Gasteiger partial charge in [0.1, 0.15) is 5.82 Å². The molecule has 1 fully saturated rings. The Morgan fingerprint density at radius 1 is 1.40 bits per heavy atom. The van der Waals surface area contributed by atoms with Crippen LogP contribution in [0.3, 0.4) is 0 Å². The monoisotopic (exact) mass is 343 g/mol. The Kier molecular flexibility index (Phi) is 5.81. The molecule has 1 aliphatic rings. The van der Waals surface area contributed by atoms with E-state index in [4.69, 9.17) is 4.98 Å². The standard InChI is InChI=1S/C19H29N5O/c1-4-6-17(23-10-9-21-11-14(3)13-23)18-22-16-7-8-20-12-15(16)19(25)24(18)5-2/h7-8,12,14,17,21H,4-6,9-11,13H2,1-3H3/t14?,17-/m1/s1. The van der Waals surface area contributed by atoms with E-state index in [1.54, 1.807) is 12.4 Å². The van der Waals surface area contributed by atoms with E-state index in [0.29, 0.717) is 17.8 Å². The number of rotatable bonds is 5. The van der Waals surface area contributed by atoms with Gasteiger partial charge >= 0.3 is 0 Å². The summed E-state index contributed by atoms with van der Waals surface area (Å²) >= 11 is 0. The lowest BCUT2D eigenvalue weighted by molar-refractivity contribution is 0.169. The average Bonchev–Trinajstić information content (AvgIpc) is 2.84. The van der Waals surface area contributed by atoms with Crippen LogP contribution in [0.5, 0.6) is 0 Å². The van der Waals surface area contributed by atoms with Crippen molar-refractivity contribution in [2.45, 2.75) is 46.2 Å². The highest BCUT2D eigenvalue weighted by molar-refractivity contribution is 5.76. The molecule has 0 aromatic carbocycles. The van der Waals surface area contributed by atoms with E-state index in [1.165, 1.54) is 0 Å². The molecule has 1 N–H and O–H groups in total. The third kappa shape index (κ3) is 3.75. The molecule has 1 aliphatic heterocycles. The van der Waals surface area contributed by atoms with Gasteiger partial charge in [0, 0.05) is 38.6 Å². The van der Waals surface area contributed by atoms with E-state index in [-0.39, 0.29) is 11.6 Å². The highest BCUT2D eigenvalue weighted by Crippen LogP contribution is 2.26. The van der Waals surface area contributed by atoms with Gasteiger partial charge in [0.05, 0.1) is 16.9 Å². The minimum Gasteiger partial charge on any atom is -0.315 e. The zero-order valence-corrected chi connectivity index (χ0v) is 15.5. The van der Waals surface area contributed by atoms with Crippen molar-refractivity contribution in [2.75, 3.05) is 26.2 Å². The summed E-state index contributed by atoms with van der Waals surface area (Å²) in [7, 11) is 0. The summed E-state index contributed by atoms with van der Waals surface area (Å²) in [5.41, 5.74) is 0.777. The van der Waals surface area contributed by atoms with Gasteiger partial charge in [-0.05, 0) is 31.9 Å². The van der Waals surface area contributed by atoms with Crippen LogP contribution in [0, 0.1) is 5.92 Å². The SMILES string of the molecule is CCC[C@H](c1nc2ccncc2c(=O)n1CC)N1CCNCC(C)C1. The van der Waals surface area contributed by atoms with Crippen molar-refractivity contribution in [3.63, 3.8) is 0 Å². The Balaban J connectivity index is 2.10. The first-order chi connectivity index (χ1) is 12.2. The van der Waals surface area contributed by atoms with E-state index in [0.717, 1.165) is 50.4 Å². The summed E-state index contributed by atoms with van der Waals surface area (Å²) in [6, 6.07) is 2.02. The molecule has 6 heteroatoms. The largest absolute Gasteiger partial charge is 0.315 e. The van der Waals surface area contributed by atoms with Gasteiger partial charge in [0.25, 0.3) is 5.56 Å². The smallest absolute Gasteiger partial charge is 0.262 e. The van der Waals surface area contributed by atoms with Crippen molar-refractivity contribution in [3.8, 4) is 0 Å². The Bertz CT molecular complexity index is 772. The Morgan fingerprint density at radius 2 is 2.24 bits per heavy atom. The van der Waals surface area contributed by atoms with Crippen molar-refractivity contribution in [2.24, 2.45) is 5.92 Å². The molecule has 25 heavy (non-hydrogen) atoms. The van der Waals surface area contributed by atoms with Gasteiger partial charge in [-0.3, -0.25) is 19.2 Å². The number of nitrogens with zero attached hydrogens (tertiary/aromatic N) is 4. The fourth-order valence-corrected chi connectivity index (χ4v) is 3.80. The third-order valence-corrected chi connectivity index (χ3v) is 5.02. The third-order valence-electron chi connectivity index (χ3n) is 5.02. The second kappa shape index (κ2) is 8.06. The molecule has 2 atom stereocenters. The van der Waals surface area contributed by atoms with Gasteiger partial charge < -0.3 is 5.32 Å². The maximum atomic E-state index is 13.0. The predicted molar refractivity (Wildman–Crippen MR) is 101 cm³/mol. The quantitative estimate of drug-likeness (QED) is 0.902. The van der Waals surface area contributed by atoms with Crippen LogP contribution in [0.4, 0.5) is 0 Å². The predicted octanol–water partition coefficient (Wildman–Crippen LogP) is 2.19. The molecule has 0 amide bonds. The second-order valence-electron chi connectivity index (χ2n) is 7.02. The number of aromatic nitrogens is 3. The van der Waals surface area contributed by atoms with Crippen LogP contribution >= 0.6 is 0 Å². The fraction of sp³-hybridized carbons (Fsp3) is 0.632. The fourth-order valence-electron chi connectivity index (χ4n) is 3.80. The molecule has 6 nitrogen and oxygen atoms in total. The molecule has 0 radical (unpaired) electrons. The van der Waals surface area contributed by atoms with Crippen molar-refractivity contribution in [3.05, 3.63) is 34.6 Å².